The van der Waals surface area contributed by atoms with E-state index in [4.69, 9.17) is 4.65 Å². The van der Waals surface area contributed by atoms with Gasteiger partial charge in [-0.1, -0.05) is 30.6 Å². The summed E-state index contributed by atoms with van der Waals surface area (Å²) >= 11 is 0. The molecule has 0 bridgehead atoms. The Morgan fingerprint density at radius 1 is 1.21 bits per heavy atom. The molecule has 3 aliphatic rings. The Morgan fingerprint density at radius 2 is 1.88 bits per heavy atom. The van der Waals surface area contributed by atoms with Crippen molar-refractivity contribution in [3.8, 4) is 5.75 Å². The molecule has 2 N–H and O–H groups in total. The molecule has 0 aromatic heterocycles. The van der Waals surface area contributed by atoms with Crippen LogP contribution in [0.1, 0.15) is 62.6 Å². The zero-order valence-corrected chi connectivity index (χ0v) is 20.9. The summed E-state index contributed by atoms with van der Waals surface area (Å²) in [7, 11) is 0.650. The molecular formula is C27H36BNO5. The molecule has 182 valence electrons. The van der Waals surface area contributed by atoms with Crippen LogP contribution in [0.3, 0.4) is 0 Å². The van der Waals surface area contributed by atoms with Crippen LogP contribution < -0.4 is 0 Å². The van der Waals surface area contributed by atoms with E-state index in [9.17, 15) is 19.7 Å². The van der Waals surface area contributed by atoms with Crippen molar-refractivity contribution in [2.75, 3.05) is 7.05 Å². The van der Waals surface area contributed by atoms with Gasteiger partial charge in [0.05, 0.1) is 17.9 Å². The van der Waals surface area contributed by atoms with Crippen LogP contribution in [0.2, 0.25) is 6.32 Å². The molecular weight excluding hydrogens is 429 g/mol. The highest BCUT2D eigenvalue weighted by Crippen LogP contribution is 2.51. The van der Waals surface area contributed by atoms with Gasteiger partial charge in [0.1, 0.15) is 5.75 Å². The molecule has 2 amide bonds. The largest absolute Gasteiger partial charge is 0.507 e. The minimum atomic E-state index is -0.930. The van der Waals surface area contributed by atoms with Crippen molar-refractivity contribution in [1.82, 2.24) is 4.90 Å². The maximum Gasteiger partial charge on any atom is 0.455 e. The summed E-state index contributed by atoms with van der Waals surface area (Å²) in [6.45, 7) is 8.01. The minimum Gasteiger partial charge on any atom is -0.507 e. The lowest BCUT2D eigenvalue weighted by atomic mass is 9.58. The predicted molar refractivity (Wildman–Crippen MR) is 133 cm³/mol. The summed E-state index contributed by atoms with van der Waals surface area (Å²) in [5.41, 5.74) is 6.35. The fraction of sp³-hybridized carbons (Fsp3) is 0.556. The first-order valence-corrected chi connectivity index (χ1v) is 12.5. The van der Waals surface area contributed by atoms with E-state index in [2.05, 4.69) is 19.9 Å². The minimum absolute atomic E-state index is 0.0848. The van der Waals surface area contributed by atoms with Crippen molar-refractivity contribution in [2.24, 2.45) is 17.8 Å². The molecule has 2 saturated heterocycles. The maximum absolute atomic E-state index is 13.0. The van der Waals surface area contributed by atoms with Gasteiger partial charge in [-0.15, -0.1) is 0 Å². The van der Waals surface area contributed by atoms with Crippen molar-refractivity contribution in [3.05, 3.63) is 45.5 Å². The van der Waals surface area contributed by atoms with Crippen LogP contribution in [-0.4, -0.2) is 47.1 Å². The first-order chi connectivity index (χ1) is 16.1. The van der Waals surface area contributed by atoms with Gasteiger partial charge in [0.15, 0.2) is 0 Å². The number of imide groups is 1. The van der Waals surface area contributed by atoms with Gasteiger partial charge in [-0.3, -0.25) is 14.5 Å². The number of aromatic hydroxyl groups is 1. The van der Waals surface area contributed by atoms with E-state index in [1.165, 1.54) is 16.0 Å². The summed E-state index contributed by atoms with van der Waals surface area (Å²) in [4.78, 5) is 27.0. The van der Waals surface area contributed by atoms with Crippen LogP contribution >= 0.6 is 0 Å². The van der Waals surface area contributed by atoms with Crippen molar-refractivity contribution in [1.29, 1.82) is 0 Å². The third kappa shape index (κ3) is 4.48. The highest BCUT2D eigenvalue weighted by atomic mass is 16.5. The van der Waals surface area contributed by atoms with Gasteiger partial charge >= 0.3 is 7.12 Å². The van der Waals surface area contributed by atoms with E-state index in [1.54, 1.807) is 7.05 Å². The molecule has 2 aliphatic heterocycles. The number of hydrogen-bond donors (Lipinski definition) is 2. The number of nitrogens with zero attached hydrogens (tertiary/aromatic N) is 1. The molecule has 4 rings (SSSR count). The van der Waals surface area contributed by atoms with Crippen molar-refractivity contribution in [2.45, 2.75) is 72.2 Å². The second kappa shape index (κ2) is 9.71. The number of carbonyl (C=O) groups excluding carboxylic acids is 2. The highest BCUT2D eigenvalue weighted by molar-refractivity contribution is 6.43. The van der Waals surface area contributed by atoms with Gasteiger partial charge in [-0.2, -0.15) is 0 Å². The molecule has 4 atom stereocenters. The SMILES string of the molecule is CCCC1=C2[C@@H](CC/C(C)=C/c3cc(C)c(O)c(C)c3)OB(O)C[C@@H]2[C@@H]2C(=O)N(C)C(=O)[C@@H]2C1. The molecule has 2 fully saturated rings. The average molecular weight is 465 g/mol. The normalized spacial score (nSPS) is 27.4. The molecule has 1 aromatic carbocycles. The topological polar surface area (TPSA) is 87.1 Å². The molecule has 1 aliphatic carbocycles. The number of fused-ring (bicyclic) bond motifs is 3. The number of allylic oxidation sites excluding steroid dienone is 2. The molecule has 34 heavy (non-hydrogen) atoms. The number of aryl methyl sites for hydroxylation is 2. The Kier molecular flexibility index (Phi) is 7.06. The molecule has 1 aromatic rings. The van der Waals surface area contributed by atoms with E-state index in [0.717, 1.165) is 41.5 Å². The van der Waals surface area contributed by atoms with E-state index < -0.39 is 7.12 Å². The fourth-order valence-corrected chi connectivity index (χ4v) is 6.25. The Labute approximate surface area is 202 Å². The summed E-state index contributed by atoms with van der Waals surface area (Å²) in [5.74, 6) is -0.687. The summed E-state index contributed by atoms with van der Waals surface area (Å²) in [6, 6.07) is 3.95. The number of carbonyl (C=O) groups is 2. The van der Waals surface area contributed by atoms with E-state index in [-0.39, 0.29) is 35.7 Å². The molecule has 0 unspecified atom stereocenters. The van der Waals surface area contributed by atoms with Gasteiger partial charge < -0.3 is 14.8 Å². The Morgan fingerprint density at radius 3 is 2.53 bits per heavy atom. The first kappa shape index (κ1) is 24.7. The fourth-order valence-electron chi connectivity index (χ4n) is 6.25. The quantitative estimate of drug-likeness (QED) is 0.369. The van der Waals surface area contributed by atoms with Gasteiger partial charge in [0.25, 0.3) is 0 Å². The Bertz CT molecular complexity index is 1040. The summed E-state index contributed by atoms with van der Waals surface area (Å²) in [5, 5.41) is 20.6. The van der Waals surface area contributed by atoms with Gasteiger partial charge in [-0.25, -0.2) is 0 Å². The Hall–Kier alpha value is -2.38. The second-order valence-corrected chi connectivity index (χ2v) is 10.3. The molecule has 6 nitrogen and oxygen atoms in total. The molecule has 0 radical (unpaired) electrons. The number of benzene rings is 1. The zero-order chi connectivity index (χ0) is 24.7. The van der Waals surface area contributed by atoms with Gasteiger partial charge in [0.2, 0.25) is 11.8 Å². The van der Waals surface area contributed by atoms with E-state index in [1.807, 2.05) is 26.0 Å². The maximum atomic E-state index is 13.0. The zero-order valence-electron chi connectivity index (χ0n) is 20.9. The Balaban J connectivity index is 1.59. The number of hydrogen-bond acceptors (Lipinski definition) is 5. The van der Waals surface area contributed by atoms with Crippen LogP contribution in [0.15, 0.2) is 28.9 Å². The molecule has 0 saturated carbocycles. The van der Waals surface area contributed by atoms with Crippen molar-refractivity contribution >= 4 is 25.0 Å². The van der Waals surface area contributed by atoms with Crippen LogP contribution in [0.25, 0.3) is 6.08 Å². The van der Waals surface area contributed by atoms with Crippen LogP contribution in [-0.2, 0) is 14.2 Å². The second-order valence-electron chi connectivity index (χ2n) is 10.3. The molecule has 7 heteroatoms. The number of rotatable bonds is 6. The van der Waals surface area contributed by atoms with Gasteiger partial charge in [-0.05, 0) is 93.1 Å². The molecule has 2 heterocycles. The lowest BCUT2D eigenvalue weighted by Gasteiger charge is -2.43. The lowest BCUT2D eigenvalue weighted by Crippen LogP contribution is -2.46. The lowest BCUT2D eigenvalue weighted by molar-refractivity contribution is -0.138. The van der Waals surface area contributed by atoms with Crippen LogP contribution in [0.4, 0.5) is 0 Å². The van der Waals surface area contributed by atoms with Gasteiger partial charge in [0, 0.05) is 7.05 Å². The number of phenolic OH excluding ortho intramolecular Hbond substituents is 1. The predicted octanol–water partition coefficient (Wildman–Crippen LogP) is 4.42. The van der Waals surface area contributed by atoms with Crippen LogP contribution in [0.5, 0.6) is 5.75 Å². The number of likely N-dealkylation sites (tertiary alicyclic amines) is 1. The average Bonchev–Trinajstić information content (AvgIpc) is 2.99. The standard InChI is InChI=1S/C27H36BNO5/c1-6-7-19-13-20-24(27(32)29(5)26(20)31)21-14-28(33)34-22(23(19)21)9-8-15(2)10-18-11-16(3)25(30)17(4)12-18/h10-12,20-22,24,30,33H,6-9,13-14H2,1-5H3/b15-10+/t20-,21+,22-,24-/m1/s1. The first-order valence-electron chi connectivity index (χ1n) is 12.5. The third-order valence-electron chi connectivity index (χ3n) is 7.81. The molecule has 0 spiro atoms. The van der Waals surface area contributed by atoms with E-state index in [0.29, 0.717) is 24.9 Å². The van der Waals surface area contributed by atoms with E-state index >= 15 is 0 Å². The smallest absolute Gasteiger partial charge is 0.455 e. The van der Waals surface area contributed by atoms with Crippen LogP contribution in [0, 0.1) is 31.6 Å². The number of phenols is 1. The monoisotopic (exact) mass is 465 g/mol. The third-order valence-corrected chi connectivity index (χ3v) is 7.81. The summed E-state index contributed by atoms with van der Waals surface area (Å²) < 4.78 is 6.05. The summed E-state index contributed by atoms with van der Waals surface area (Å²) in [6.07, 6.45) is 6.21. The van der Waals surface area contributed by atoms with Crippen molar-refractivity contribution in [3.63, 3.8) is 0 Å². The van der Waals surface area contributed by atoms with Crippen molar-refractivity contribution < 1.29 is 24.4 Å². The highest BCUT2D eigenvalue weighted by Gasteiger charge is 2.56. The number of amides is 2.